The number of carbonyl (C=O) groups excluding carboxylic acids is 1. The van der Waals surface area contributed by atoms with Gasteiger partial charge >= 0.3 is 11.4 Å². The molecule has 0 radical (unpaired) electrons. The first kappa shape index (κ1) is 24.4. The summed E-state index contributed by atoms with van der Waals surface area (Å²) in [5.41, 5.74) is 3.15. The molecule has 188 valence electrons. The number of aromatic amines is 1. The molecule has 13 heteroatoms. The number of H-pyrrole nitrogens is 1. The molecule has 0 aliphatic rings. The molecular weight excluding hydrogens is 470 g/mol. The number of nitrogen functional groups attached to an aromatic ring is 1. The van der Waals surface area contributed by atoms with E-state index in [0.717, 1.165) is 20.5 Å². The van der Waals surface area contributed by atoms with Crippen LogP contribution in [0.2, 0.25) is 0 Å². The molecule has 36 heavy (non-hydrogen) atoms. The van der Waals surface area contributed by atoms with Crippen molar-refractivity contribution in [2.24, 2.45) is 14.1 Å². The van der Waals surface area contributed by atoms with Crippen molar-refractivity contribution in [2.45, 2.75) is 32.9 Å². The number of nitrogens with two attached hydrogens (primary N) is 1. The lowest BCUT2D eigenvalue weighted by Gasteiger charge is -2.23. The molecule has 0 saturated carbocycles. The molecule has 3 N–H and O–H groups in total. The van der Waals surface area contributed by atoms with E-state index in [-0.39, 0.29) is 41.3 Å². The van der Waals surface area contributed by atoms with Crippen LogP contribution < -0.4 is 33.1 Å². The number of fused-ring (bicyclic) bond motifs is 1. The van der Waals surface area contributed by atoms with Gasteiger partial charge in [-0.15, -0.1) is 0 Å². The van der Waals surface area contributed by atoms with Gasteiger partial charge in [0.2, 0.25) is 0 Å². The van der Waals surface area contributed by atoms with Crippen LogP contribution >= 0.6 is 0 Å². The number of anilines is 2. The van der Waals surface area contributed by atoms with Gasteiger partial charge < -0.3 is 10.2 Å². The average Bonchev–Trinajstić information content (AvgIpc) is 3.37. The standard InChI is InChI=1S/C23H25N7O6/c1-4-5-10-29-17(24)16(19(31)26-22(29)34)30(12-13-7-6-11-36-13)21(33)15-9-8-14-18(25-15)27(2)23(35)28(3)20(14)32/h6-9,11H,4-5,10,12,24H2,1-3H3,(H,26,31,34). The summed E-state index contributed by atoms with van der Waals surface area (Å²) in [6.45, 7) is 1.99. The number of aromatic nitrogens is 5. The highest BCUT2D eigenvalue weighted by molar-refractivity contribution is 6.06. The maximum atomic E-state index is 13.7. The van der Waals surface area contributed by atoms with Crippen LogP contribution in [-0.2, 0) is 27.2 Å². The molecule has 4 rings (SSSR count). The molecule has 1 amide bonds. The topological polar surface area (TPSA) is 171 Å². The van der Waals surface area contributed by atoms with Crippen LogP contribution in [0.4, 0.5) is 11.5 Å². The van der Waals surface area contributed by atoms with E-state index in [4.69, 9.17) is 10.2 Å². The van der Waals surface area contributed by atoms with Crippen LogP contribution in [0.15, 0.2) is 54.1 Å². The van der Waals surface area contributed by atoms with Crippen LogP contribution in [0.5, 0.6) is 0 Å². The molecule has 0 aromatic carbocycles. The van der Waals surface area contributed by atoms with Gasteiger partial charge in [0.1, 0.15) is 22.9 Å². The Hall–Kier alpha value is -4.68. The summed E-state index contributed by atoms with van der Waals surface area (Å²) in [5.74, 6) is -0.589. The molecule has 0 spiro atoms. The van der Waals surface area contributed by atoms with Crippen molar-refractivity contribution < 1.29 is 9.21 Å². The van der Waals surface area contributed by atoms with Crippen LogP contribution in [0, 0.1) is 0 Å². The minimum atomic E-state index is -0.854. The summed E-state index contributed by atoms with van der Waals surface area (Å²) in [5, 5.41) is 0.138. The van der Waals surface area contributed by atoms with Crippen LogP contribution in [0.3, 0.4) is 0 Å². The lowest BCUT2D eigenvalue weighted by atomic mass is 10.2. The summed E-state index contributed by atoms with van der Waals surface area (Å²) in [6.07, 6.45) is 2.80. The lowest BCUT2D eigenvalue weighted by molar-refractivity contribution is 0.0978. The molecule has 0 bridgehead atoms. The highest BCUT2D eigenvalue weighted by Crippen LogP contribution is 2.22. The Morgan fingerprint density at radius 2 is 1.89 bits per heavy atom. The van der Waals surface area contributed by atoms with Gasteiger partial charge in [-0.2, -0.15) is 0 Å². The summed E-state index contributed by atoms with van der Waals surface area (Å²) in [6, 6.07) is 5.94. The number of furan rings is 1. The zero-order valence-corrected chi connectivity index (χ0v) is 20.0. The summed E-state index contributed by atoms with van der Waals surface area (Å²) < 4.78 is 8.67. The molecule has 13 nitrogen and oxygen atoms in total. The fourth-order valence-corrected chi connectivity index (χ4v) is 3.90. The highest BCUT2D eigenvalue weighted by atomic mass is 16.3. The Labute approximate surface area is 203 Å². The Balaban J connectivity index is 1.91. The third-order valence-corrected chi connectivity index (χ3v) is 5.88. The first-order valence-corrected chi connectivity index (χ1v) is 11.2. The smallest absolute Gasteiger partial charge is 0.332 e. The fourth-order valence-electron chi connectivity index (χ4n) is 3.90. The van der Waals surface area contributed by atoms with E-state index < -0.39 is 28.4 Å². The van der Waals surface area contributed by atoms with Crippen molar-refractivity contribution in [1.82, 2.24) is 23.7 Å². The molecule has 0 fully saturated rings. The van der Waals surface area contributed by atoms with Gasteiger partial charge in [0.15, 0.2) is 5.69 Å². The maximum Gasteiger partial charge on any atom is 0.332 e. The number of amides is 1. The number of rotatable bonds is 7. The minimum Gasteiger partial charge on any atom is -0.467 e. The molecule has 0 saturated heterocycles. The van der Waals surface area contributed by atoms with Gasteiger partial charge in [-0.25, -0.2) is 14.6 Å². The van der Waals surface area contributed by atoms with E-state index >= 15 is 0 Å². The van der Waals surface area contributed by atoms with Gasteiger partial charge in [0.25, 0.3) is 17.0 Å². The Morgan fingerprint density at radius 1 is 1.14 bits per heavy atom. The third-order valence-electron chi connectivity index (χ3n) is 5.88. The van der Waals surface area contributed by atoms with Crippen molar-refractivity contribution in [1.29, 1.82) is 0 Å². The summed E-state index contributed by atoms with van der Waals surface area (Å²) in [4.78, 5) is 71.5. The summed E-state index contributed by atoms with van der Waals surface area (Å²) in [7, 11) is 2.77. The van der Waals surface area contributed by atoms with E-state index in [1.807, 2.05) is 6.92 Å². The molecule has 0 aliphatic carbocycles. The van der Waals surface area contributed by atoms with Crippen molar-refractivity contribution in [3.63, 3.8) is 0 Å². The number of pyridine rings is 1. The van der Waals surface area contributed by atoms with Gasteiger partial charge in [-0.05, 0) is 30.7 Å². The highest BCUT2D eigenvalue weighted by Gasteiger charge is 2.28. The van der Waals surface area contributed by atoms with Crippen LogP contribution in [0.25, 0.3) is 11.0 Å². The normalized spacial score (nSPS) is 11.2. The predicted molar refractivity (Wildman–Crippen MR) is 132 cm³/mol. The average molecular weight is 495 g/mol. The maximum absolute atomic E-state index is 13.7. The van der Waals surface area contributed by atoms with E-state index in [9.17, 15) is 24.0 Å². The molecule has 0 atom stereocenters. The molecular formula is C23H25N7O6. The van der Waals surface area contributed by atoms with E-state index in [1.165, 1.54) is 37.1 Å². The number of unbranched alkanes of at least 4 members (excludes halogenated alkanes) is 1. The van der Waals surface area contributed by atoms with Crippen LogP contribution in [-0.4, -0.2) is 29.6 Å². The van der Waals surface area contributed by atoms with Gasteiger partial charge in [-0.3, -0.25) is 38.0 Å². The first-order valence-electron chi connectivity index (χ1n) is 11.2. The first-order chi connectivity index (χ1) is 17.1. The Bertz CT molecular complexity index is 1690. The Kier molecular flexibility index (Phi) is 6.47. The SMILES string of the molecule is CCCCn1c(N)c(N(Cc2ccco2)C(=O)c2ccc3c(=O)n(C)c(=O)n(C)c3n2)c(=O)[nH]c1=O. The van der Waals surface area contributed by atoms with Crippen LogP contribution in [0.1, 0.15) is 36.0 Å². The largest absolute Gasteiger partial charge is 0.467 e. The van der Waals surface area contributed by atoms with Crippen molar-refractivity contribution in [2.75, 3.05) is 10.6 Å². The number of carbonyl (C=O) groups is 1. The second-order valence-corrected chi connectivity index (χ2v) is 8.24. The zero-order chi connectivity index (χ0) is 26.1. The van der Waals surface area contributed by atoms with Crippen molar-refractivity contribution in [3.8, 4) is 0 Å². The van der Waals surface area contributed by atoms with Gasteiger partial charge in [0.05, 0.1) is 18.2 Å². The number of hydrogen-bond acceptors (Lipinski definition) is 8. The quantitative estimate of drug-likeness (QED) is 0.369. The lowest BCUT2D eigenvalue weighted by Crippen LogP contribution is -2.41. The third kappa shape index (κ3) is 4.15. The van der Waals surface area contributed by atoms with Crippen molar-refractivity contribution >= 4 is 28.4 Å². The fraction of sp³-hybridized carbons (Fsp3) is 0.304. The molecule has 4 heterocycles. The monoisotopic (exact) mass is 495 g/mol. The number of nitrogens with one attached hydrogen (secondary N) is 1. The number of nitrogens with zero attached hydrogens (tertiary/aromatic N) is 5. The second-order valence-electron chi connectivity index (χ2n) is 8.24. The molecule has 0 aliphatic heterocycles. The Morgan fingerprint density at radius 3 is 2.56 bits per heavy atom. The van der Waals surface area contributed by atoms with Gasteiger partial charge in [-0.1, -0.05) is 13.3 Å². The predicted octanol–water partition coefficient (Wildman–Crippen LogP) is 0.305. The zero-order valence-electron chi connectivity index (χ0n) is 20.0. The molecule has 0 unspecified atom stereocenters. The molecule has 4 aromatic heterocycles. The second kappa shape index (κ2) is 9.52. The minimum absolute atomic E-state index is 0.00157. The van der Waals surface area contributed by atoms with Crippen molar-refractivity contribution in [3.05, 3.63) is 83.7 Å². The molecule has 4 aromatic rings. The van der Waals surface area contributed by atoms with E-state index in [1.54, 1.807) is 12.1 Å². The number of hydrogen-bond donors (Lipinski definition) is 2. The summed E-state index contributed by atoms with van der Waals surface area (Å²) >= 11 is 0. The number of aryl methyl sites for hydroxylation is 1. The van der Waals surface area contributed by atoms with E-state index in [2.05, 4.69) is 9.97 Å². The van der Waals surface area contributed by atoms with E-state index in [0.29, 0.717) is 12.2 Å². The van der Waals surface area contributed by atoms with Gasteiger partial charge in [0, 0.05) is 20.6 Å².